The Morgan fingerprint density at radius 2 is 2.53 bits per heavy atom. The molecule has 1 saturated heterocycles. The largest absolute Gasteiger partial charge is 0.377 e. The number of rotatable bonds is 4. The molecular formula is C11H19N3O. The summed E-state index contributed by atoms with van der Waals surface area (Å²) in [5, 5.41) is 7.73. The summed E-state index contributed by atoms with van der Waals surface area (Å²) in [4.78, 5) is 0. The van der Waals surface area contributed by atoms with Crippen LogP contribution in [-0.4, -0.2) is 34.6 Å². The van der Waals surface area contributed by atoms with Gasteiger partial charge in [0.2, 0.25) is 0 Å². The van der Waals surface area contributed by atoms with Gasteiger partial charge in [0.15, 0.2) is 0 Å². The number of nitrogens with one attached hydrogen (secondary N) is 1. The van der Waals surface area contributed by atoms with E-state index >= 15 is 0 Å². The highest BCUT2D eigenvalue weighted by Crippen LogP contribution is 2.24. The van der Waals surface area contributed by atoms with Gasteiger partial charge in [-0.15, -0.1) is 0 Å². The predicted octanol–water partition coefficient (Wildman–Crippen LogP) is 1.04. The summed E-state index contributed by atoms with van der Waals surface area (Å²) in [6, 6.07) is 1.95. The number of hydrogen-bond acceptors (Lipinski definition) is 3. The first kappa shape index (κ1) is 10.6. The van der Waals surface area contributed by atoms with E-state index in [-0.39, 0.29) is 5.54 Å². The van der Waals surface area contributed by atoms with Crippen molar-refractivity contribution in [2.75, 3.05) is 13.2 Å². The van der Waals surface area contributed by atoms with Gasteiger partial charge in [0.25, 0.3) is 0 Å². The van der Waals surface area contributed by atoms with Gasteiger partial charge in [-0.1, -0.05) is 0 Å². The molecule has 0 bridgehead atoms. The van der Waals surface area contributed by atoms with Crippen LogP contribution in [0.1, 0.15) is 20.3 Å². The number of hydrogen-bond donors (Lipinski definition) is 1. The van der Waals surface area contributed by atoms with Crippen molar-refractivity contribution in [2.45, 2.75) is 38.5 Å². The number of aromatic nitrogens is 2. The lowest BCUT2D eigenvalue weighted by Crippen LogP contribution is -2.48. The van der Waals surface area contributed by atoms with Crippen LogP contribution in [0.15, 0.2) is 18.5 Å². The molecule has 15 heavy (non-hydrogen) atoms. The molecule has 0 aromatic carbocycles. The van der Waals surface area contributed by atoms with Crippen LogP contribution in [-0.2, 0) is 11.3 Å². The SMILES string of the molecule is CC1OCCC1(C)NCCn1cccn1. The third-order valence-electron chi connectivity index (χ3n) is 3.32. The second-order valence-electron chi connectivity index (χ2n) is 4.38. The average molecular weight is 209 g/mol. The lowest BCUT2D eigenvalue weighted by atomic mass is 9.95. The van der Waals surface area contributed by atoms with Crippen molar-refractivity contribution in [2.24, 2.45) is 0 Å². The smallest absolute Gasteiger partial charge is 0.0726 e. The highest BCUT2D eigenvalue weighted by molar-refractivity contribution is 4.93. The first-order valence-corrected chi connectivity index (χ1v) is 5.55. The van der Waals surface area contributed by atoms with Gasteiger partial charge in [-0.25, -0.2) is 0 Å². The van der Waals surface area contributed by atoms with E-state index in [9.17, 15) is 0 Å². The molecule has 1 aliphatic heterocycles. The highest BCUT2D eigenvalue weighted by atomic mass is 16.5. The van der Waals surface area contributed by atoms with Crippen molar-refractivity contribution in [3.05, 3.63) is 18.5 Å². The van der Waals surface area contributed by atoms with Crippen molar-refractivity contribution < 1.29 is 4.74 Å². The molecular weight excluding hydrogens is 190 g/mol. The Balaban J connectivity index is 1.78. The fourth-order valence-corrected chi connectivity index (χ4v) is 1.96. The summed E-state index contributed by atoms with van der Waals surface area (Å²) in [5.74, 6) is 0. The van der Waals surface area contributed by atoms with E-state index in [1.165, 1.54) is 0 Å². The molecule has 2 unspecified atom stereocenters. The molecule has 1 aromatic rings. The molecule has 4 nitrogen and oxygen atoms in total. The normalized spacial score (nSPS) is 30.9. The predicted molar refractivity (Wildman–Crippen MR) is 58.7 cm³/mol. The van der Waals surface area contributed by atoms with Gasteiger partial charge in [-0.3, -0.25) is 4.68 Å². The van der Waals surface area contributed by atoms with Crippen molar-refractivity contribution in [3.8, 4) is 0 Å². The maximum atomic E-state index is 5.57. The average Bonchev–Trinajstić information content (AvgIpc) is 2.79. The lowest BCUT2D eigenvalue weighted by Gasteiger charge is -2.29. The molecule has 1 aliphatic rings. The second kappa shape index (κ2) is 4.33. The summed E-state index contributed by atoms with van der Waals surface area (Å²) in [6.45, 7) is 7.08. The van der Waals surface area contributed by atoms with E-state index in [0.717, 1.165) is 26.1 Å². The van der Waals surface area contributed by atoms with Gasteiger partial charge in [0.05, 0.1) is 12.6 Å². The fourth-order valence-electron chi connectivity index (χ4n) is 1.96. The zero-order valence-corrected chi connectivity index (χ0v) is 9.44. The quantitative estimate of drug-likeness (QED) is 0.805. The minimum absolute atomic E-state index is 0.132. The highest BCUT2D eigenvalue weighted by Gasteiger charge is 2.36. The van der Waals surface area contributed by atoms with Crippen LogP contribution >= 0.6 is 0 Å². The van der Waals surface area contributed by atoms with Crippen molar-refractivity contribution in [3.63, 3.8) is 0 Å². The topological polar surface area (TPSA) is 39.1 Å². The first-order valence-electron chi connectivity index (χ1n) is 5.55. The van der Waals surface area contributed by atoms with E-state index in [1.54, 1.807) is 0 Å². The van der Waals surface area contributed by atoms with Crippen molar-refractivity contribution in [1.29, 1.82) is 0 Å². The summed E-state index contributed by atoms with van der Waals surface area (Å²) in [6.07, 6.45) is 5.18. The monoisotopic (exact) mass is 209 g/mol. The molecule has 1 fully saturated rings. The summed E-state index contributed by atoms with van der Waals surface area (Å²) in [7, 11) is 0. The molecule has 0 aliphatic carbocycles. The van der Waals surface area contributed by atoms with Crippen LogP contribution in [0.3, 0.4) is 0 Å². The third-order valence-corrected chi connectivity index (χ3v) is 3.32. The Morgan fingerprint density at radius 1 is 1.67 bits per heavy atom. The molecule has 0 spiro atoms. The van der Waals surface area contributed by atoms with Crippen molar-refractivity contribution in [1.82, 2.24) is 15.1 Å². The molecule has 2 atom stereocenters. The zero-order valence-electron chi connectivity index (χ0n) is 9.44. The maximum Gasteiger partial charge on any atom is 0.0726 e. The first-order chi connectivity index (χ1) is 7.21. The van der Waals surface area contributed by atoms with Gasteiger partial charge < -0.3 is 10.1 Å². The lowest BCUT2D eigenvalue weighted by molar-refractivity contribution is 0.0884. The van der Waals surface area contributed by atoms with E-state index in [4.69, 9.17) is 4.74 Å². The Bertz CT molecular complexity index is 299. The molecule has 84 valence electrons. The summed E-state index contributed by atoms with van der Waals surface area (Å²) in [5.41, 5.74) is 0.132. The maximum absolute atomic E-state index is 5.57. The Labute approximate surface area is 90.6 Å². The van der Waals surface area contributed by atoms with Gasteiger partial charge in [0.1, 0.15) is 0 Å². The van der Waals surface area contributed by atoms with Gasteiger partial charge in [0, 0.05) is 31.1 Å². The van der Waals surface area contributed by atoms with Crippen LogP contribution in [0.4, 0.5) is 0 Å². The molecule has 4 heteroatoms. The molecule has 1 N–H and O–H groups in total. The molecule has 0 saturated carbocycles. The summed E-state index contributed by atoms with van der Waals surface area (Å²) < 4.78 is 7.51. The Hall–Kier alpha value is -0.870. The van der Waals surface area contributed by atoms with Gasteiger partial charge >= 0.3 is 0 Å². The van der Waals surface area contributed by atoms with Gasteiger partial charge in [-0.2, -0.15) is 5.10 Å². The van der Waals surface area contributed by atoms with Crippen molar-refractivity contribution >= 4 is 0 Å². The fraction of sp³-hybridized carbons (Fsp3) is 0.727. The molecule has 0 amide bonds. The summed E-state index contributed by atoms with van der Waals surface area (Å²) >= 11 is 0. The van der Waals surface area contributed by atoms with Crippen LogP contribution in [0.25, 0.3) is 0 Å². The molecule has 1 aromatic heterocycles. The minimum Gasteiger partial charge on any atom is -0.377 e. The van der Waals surface area contributed by atoms with Crippen LogP contribution in [0, 0.1) is 0 Å². The zero-order chi connectivity index (χ0) is 10.7. The molecule has 2 rings (SSSR count). The standard InChI is InChI=1S/C11H19N3O/c1-10-11(2,4-9-15-10)12-6-8-14-7-3-5-13-14/h3,5,7,10,12H,4,6,8-9H2,1-2H3. The van der Waals surface area contributed by atoms with Crippen LogP contribution in [0.2, 0.25) is 0 Å². The minimum atomic E-state index is 0.132. The Kier molecular flexibility index (Phi) is 3.07. The van der Waals surface area contributed by atoms with E-state index in [1.807, 2.05) is 23.1 Å². The van der Waals surface area contributed by atoms with Crippen LogP contribution in [0.5, 0.6) is 0 Å². The molecule has 2 heterocycles. The van der Waals surface area contributed by atoms with Gasteiger partial charge in [-0.05, 0) is 26.3 Å². The van der Waals surface area contributed by atoms with Crippen LogP contribution < -0.4 is 5.32 Å². The number of nitrogens with zero attached hydrogens (tertiary/aromatic N) is 2. The van der Waals surface area contributed by atoms with E-state index < -0.39 is 0 Å². The number of ether oxygens (including phenoxy) is 1. The third kappa shape index (κ3) is 2.38. The van der Waals surface area contributed by atoms with E-state index in [2.05, 4.69) is 24.3 Å². The Morgan fingerprint density at radius 3 is 3.13 bits per heavy atom. The van der Waals surface area contributed by atoms with E-state index in [0.29, 0.717) is 6.10 Å². The molecule has 0 radical (unpaired) electrons. The second-order valence-corrected chi connectivity index (χ2v) is 4.38.